The van der Waals surface area contributed by atoms with E-state index in [-0.39, 0.29) is 23.2 Å². The number of rotatable bonds is 3. The maximum absolute atomic E-state index is 11.5. The van der Waals surface area contributed by atoms with Crippen molar-refractivity contribution in [3.05, 3.63) is 68.2 Å². The fraction of sp³-hybridized carbons (Fsp3) is 0.0833. The summed E-state index contributed by atoms with van der Waals surface area (Å²) >= 11 is 0. The lowest BCUT2D eigenvalue weighted by atomic mass is 10.1. The van der Waals surface area contributed by atoms with Gasteiger partial charge in [-0.05, 0) is 17.7 Å². The quantitative estimate of drug-likeness (QED) is 0.813. The maximum Gasteiger partial charge on any atom is 0.335 e. The van der Waals surface area contributed by atoms with Gasteiger partial charge in [-0.15, -0.1) is 0 Å². The van der Waals surface area contributed by atoms with Crippen molar-refractivity contribution in [1.29, 1.82) is 0 Å². The second kappa shape index (κ2) is 4.70. The van der Waals surface area contributed by atoms with Crippen LogP contribution in [0.2, 0.25) is 0 Å². The fourth-order valence-corrected chi connectivity index (χ4v) is 1.57. The average Bonchev–Trinajstić information content (AvgIpc) is 2.34. The van der Waals surface area contributed by atoms with Crippen molar-refractivity contribution in [3.8, 4) is 0 Å². The van der Waals surface area contributed by atoms with Gasteiger partial charge >= 0.3 is 5.97 Å². The number of nitrogens with zero attached hydrogens (tertiary/aromatic N) is 1. The second-order valence-corrected chi connectivity index (χ2v) is 3.74. The van der Waals surface area contributed by atoms with Crippen LogP contribution in [0.5, 0.6) is 0 Å². The van der Waals surface area contributed by atoms with Crippen LogP contribution in [-0.4, -0.2) is 20.9 Å². The smallest absolute Gasteiger partial charge is 0.335 e. The van der Waals surface area contributed by atoms with Gasteiger partial charge in [-0.25, -0.2) is 9.48 Å². The lowest BCUT2D eigenvalue weighted by Gasteiger charge is -2.05. The molecule has 0 amide bonds. The molecule has 1 aromatic heterocycles. The Hall–Kier alpha value is -2.63. The minimum atomic E-state index is -1.04. The van der Waals surface area contributed by atoms with E-state index in [2.05, 4.69) is 5.10 Å². The van der Waals surface area contributed by atoms with Crippen LogP contribution in [0.4, 0.5) is 0 Å². The van der Waals surface area contributed by atoms with Crippen molar-refractivity contribution < 1.29 is 9.90 Å². The number of H-pyrrole nitrogens is 1. The zero-order valence-electron chi connectivity index (χ0n) is 9.29. The maximum atomic E-state index is 11.5. The first-order valence-corrected chi connectivity index (χ1v) is 5.19. The number of nitrogens with one attached hydrogen (secondary N) is 1. The molecule has 92 valence electrons. The van der Waals surface area contributed by atoms with Crippen molar-refractivity contribution >= 4 is 5.97 Å². The minimum Gasteiger partial charge on any atom is -0.478 e. The SMILES string of the molecule is O=C(O)c1cccc(Cn2[nH]c(=O)ccc2=O)c1. The summed E-state index contributed by atoms with van der Waals surface area (Å²) in [5.74, 6) is -1.04. The first-order valence-electron chi connectivity index (χ1n) is 5.19. The zero-order chi connectivity index (χ0) is 13.1. The molecule has 6 nitrogen and oxygen atoms in total. The monoisotopic (exact) mass is 246 g/mol. The summed E-state index contributed by atoms with van der Waals surface area (Å²) in [6.45, 7) is 0.121. The largest absolute Gasteiger partial charge is 0.478 e. The number of hydrogen-bond acceptors (Lipinski definition) is 3. The van der Waals surface area contributed by atoms with Gasteiger partial charge in [0.25, 0.3) is 11.1 Å². The highest BCUT2D eigenvalue weighted by atomic mass is 16.4. The Bertz CT molecular complexity index is 699. The Morgan fingerprint density at radius 3 is 2.72 bits per heavy atom. The van der Waals surface area contributed by atoms with Gasteiger partial charge in [0.15, 0.2) is 0 Å². The van der Waals surface area contributed by atoms with Crippen molar-refractivity contribution in [1.82, 2.24) is 9.78 Å². The molecule has 2 aromatic rings. The summed E-state index contributed by atoms with van der Waals surface area (Å²) in [5.41, 5.74) is 0.0250. The predicted molar refractivity (Wildman–Crippen MR) is 63.8 cm³/mol. The zero-order valence-corrected chi connectivity index (χ0v) is 9.29. The third-order valence-corrected chi connectivity index (χ3v) is 2.40. The van der Waals surface area contributed by atoms with Crippen LogP contribution >= 0.6 is 0 Å². The highest BCUT2D eigenvalue weighted by molar-refractivity contribution is 5.87. The third-order valence-electron chi connectivity index (χ3n) is 2.40. The molecule has 0 radical (unpaired) electrons. The number of aromatic amines is 1. The molecule has 0 aliphatic heterocycles. The predicted octanol–water partition coefficient (Wildman–Crippen LogP) is 0.283. The lowest BCUT2D eigenvalue weighted by molar-refractivity contribution is 0.0696. The van der Waals surface area contributed by atoms with Gasteiger partial charge in [0.2, 0.25) is 0 Å². The summed E-state index contributed by atoms with van der Waals surface area (Å²) in [7, 11) is 0. The first-order chi connectivity index (χ1) is 8.56. The highest BCUT2D eigenvalue weighted by Gasteiger charge is 2.04. The van der Waals surface area contributed by atoms with Crippen molar-refractivity contribution in [2.24, 2.45) is 0 Å². The van der Waals surface area contributed by atoms with E-state index < -0.39 is 5.97 Å². The Kier molecular flexibility index (Phi) is 3.09. The van der Waals surface area contributed by atoms with Crippen LogP contribution < -0.4 is 11.1 Å². The molecule has 0 saturated carbocycles. The van der Waals surface area contributed by atoms with E-state index in [4.69, 9.17) is 5.11 Å². The number of aromatic nitrogens is 2. The fourth-order valence-electron chi connectivity index (χ4n) is 1.57. The standard InChI is InChI=1S/C12H10N2O4/c15-10-4-5-11(16)14(13-10)7-8-2-1-3-9(6-8)12(17)18/h1-6H,7H2,(H,13,15)(H,17,18). The molecule has 1 heterocycles. The van der Waals surface area contributed by atoms with Crippen molar-refractivity contribution in [3.63, 3.8) is 0 Å². The van der Waals surface area contributed by atoms with Crippen LogP contribution in [0.25, 0.3) is 0 Å². The molecule has 0 aliphatic carbocycles. The lowest BCUT2D eigenvalue weighted by Crippen LogP contribution is -2.28. The van der Waals surface area contributed by atoms with Gasteiger partial charge < -0.3 is 5.11 Å². The van der Waals surface area contributed by atoms with E-state index in [0.29, 0.717) is 5.56 Å². The summed E-state index contributed by atoms with van der Waals surface area (Å²) in [6, 6.07) is 8.50. The van der Waals surface area contributed by atoms with Crippen LogP contribution in [-0.2, 0) is 6.54 Å². The van der Waals surface area contributed by atoms with Crippen LogP contribution in [0, 0.1) is 0 Å². The third kappa shape index (κ3) is 2.54. The number of carboxylic acid groups (broad SMARTS) is 1. The van der Waals surface area contributed by atoms with E-state index in [1.54, 1.807) is 12.1 Å². The Labute approximate surface area is 101 Å². The molecule has 2 N–H and O–H groups in total. The number of benzene rings is 1. The summed E-state index contributed by atoms with van der Waals surface area (Å²) in [6.07, 6.45) is 0. The van der Waals surface area contributed by atoms with Gasteiger partial charge in [-0.3, -0.25) is 14.7 Å². The molecule has 0 spiro atoms. The molecule has 18 heavy (non-hydrogen) atoms. The Morgan fingerprint density at radius 1 is 1.22 bits per heavy atom. The average molecular weight is 246 g/mol. The summed E-state index contributed by atoms with van der Waals surface area (Å²) < 4.78 is 1.13. The molecule has 0 aliphatic rings. The van der Waals surface area contributed by atoms with Gasteiger partial charge in [0, 0.05) is 12.1 Å². The molecule has 2 rings (SSSR count). The molecule has 0 saturated heterocycles. The molecule has 0 bridgehead atoms. The molecule has 0 fully saturated rings. The second-order valence-electron chi connectivity index (χ2n) is 3.74. The normalized spacial score (nSPS) is 10.2. The Morgan fingerprint density at radius 2 is 2.00 bits per heavy atom. The van der Waals surface area contributed by atoms with Crippen molar-refractivity contribution in [2.45, 2.75) is 6.54 Å². The van der Waals surface area contributed by atoms with E-state index in [1.165, 1.54) is 18.2 Å². The highest BCUT2D eigenvalue weighted by Crippen LogP contribution is 2.05. The molecular formula is C12H10N2O4. The van der Waals surface area contributed by atoms with Crippen LogP contribution in [0.1, 0.15) is 15.9 Å². The summed E-state index contributed by atoms with van der Waals surface area (Å²) in [5, 5.41) is 11.2. The first kappa shape index (κ1) is 11.8. The molecule has 0 unspecified atom stereocenters. The van der Waals surface area contributed by atoms with Gasteiger partial charge in [0.05, 0.1) is 12.1 Å². The van der Waals surface area contributed by atoms with Gasteiger partial charge in [0.1, 0.15) is 0 Å². The summed E-state index contributed by atoms with van der Waals surface area (Å²) in [4.78, 5) is 33.4. The van der Waals surface area contributed by atoms with E-state index in [0.717, 1.165) is 10.7 Å². The van der Waals surface area contributed by atoms with E-state index in [9.17, 15) is 14.4 Å². The number of carbonyl (C=O) groups is 1. The topological polar surface area (TPSA) is 92.2 Å². The molecular weight excluding hydrogens is 236 g/mol. The van der Waals surface area contributed by atoms with Crippen molar-refractivity contribution in [2.75, 3.05) is 0 Å². The number of aromatic carboxylic acids is 1. The van der Waals surface area contributed by atoms with Gasteiger partial charge in [-0.1, -0.05) is 12.1 Å². The molecule has 1 aromatic carbocycles. The van der Waals surface area contributed by atoms with Crippen LogP contribution in [0.3, 0.4) is 0 Å². The minimum absolute atomic E-state index is 0.121. The number of hydrogen-bond donors (Lipinski definition) is 2. The molecule has 6 heteroatoms. The Balaban J connectivity index is 2.37. The number of carboxylic acids is 1. The van der Waals surface area contributed by atoms with Gasteiger partial charge in [-0.2, -0.15) is 0 Å². The van der Waals surface area contributed by atoms with Crippen LogP contribution in [0.15, 0.2) is 46.0 Å². The van der Waals surface area contributed by atoms with E-state index in [1.807, 2.05) is 0 Å². The van der Waals surface area contributed by atoms with E-state index >= 15 is 0 Å². The molecule has 0 atom stereocenters.